The van der Waals surface area contributed by atoms with E-state index < -0.39 is 27.9 Å². The number of sulfonamides is 1. The van der Waals surface area contributed by atoms with E-state index in [1.165, 1.54) is 22.5 Å². The van der Waals surface area contributed by atoms with Gasteiger partial charge in [0.15, 0.2) is 0 Å². The van der Waals surface area contributed by atoms with E-state index in [1.807, 2.05) is 25.1 Å². The van der Waals surface area contributed by atoms with Gasteiger partial charge < -0.3 is 15.8 Å². The SMILES string of the molecule is Cc1ccc(NC(=O)[C@H](Oc2ccc(S(=O)(=O)N3CCCC3)cc2C(N)=O)c2ccccc2)cc1. The van der Waals surface area contributed by atoms with E-state index in [2.05, 4.69) is 5.32 Å². The molecule has 0 unspecified atom stereocenters. The first-order chi connectivity index (χ1) is 16.8. The smallest absolute Gasteiger partial charge is 0.270 e. The van der Waals surface area contributed by atoms with Crippen LogP contribution in [-0.4, -0.2) is 37.6 Å². The number of amides is 2. The minimum Gasteiger partial charge on any atom is -0.475 e. The normalized spacial score (nSPS) is 14.9. The molecule has 1 aliphatic heterocycles. The van der Waals surface area contributed by atoms with Gasteiger partial charge in [0.1, 0.15) is 5.75 Å². The van der Waals surface area contributed by atoms with Crippen LogP contribution in [0.3, 0.4) is 0 Å². The van der Waals surface area contributed by atoms with Crippen LogP contribution in [-0.2, 0) is 14.8 Å². The van der Waals surface area contributed by atoms with Gasteiger partial charge in [-0.25, -0.2) is 8.42 Å². The number of hydrogen-bond acceptors (Lipinski definition) is 5. The maximum Gasteiger partial charge on any atom is 0.270 e. The number of carbonyl (C=O) groups is 2. The summed E-state index contributed by atoms with van der Waals surface area (Å²) in [7, 11) is -3.76. The fraction of sp³-hybridized carbons (Fsp3) is 0.231. The molecule has 1 saturated heterocycles. The molecule has 1 heterocycles. The highest BCUT2D eigenvalue weighted by atomic mass is 32.2. The number of primary amides is 1. The van der Waals surface area contributed by atoms with E-state index in [4.69, 9.17) is 10.5 Å². The topological polar surface area (TPSA) is 119 Å². The van der Waals surface area contributed by atoms with Crippen LogP contribution in [0.15, 0.2) is 77.7 Å². The summed E-state index contributed by atoms with van der Waals surface area (Å²) in [5.41, 5.74) is 7.66. The fourth-order valence-corrected chi connectivity index (χ4v) is 5.46. The van der Waals surface area contributed by atoms with Crippen LogP contribution in [0.4, 0.5) is 5.69 Å². The second-order valence-electron chi connectivity index (χ2n) is 8.40. The molecule has 4 rings (SSSR count). The average Bonchev–Trinajstić information content (AvgIpc) is 3.40. The van der Waals surface area contributed by atoms with Gasteiger partial charge in [-0.05, 0) is 50.1 Å². The van der Waals surface area contributed by atoms with Crippen molar-refractivity contribution < 1.29 is 22.7 Å². The third-order valence-corrected chi connectivity index (χ3v) is 7.72. The van der Waals surface area contributed by atoms with Crippen molar-refractivity contribution in [2.75, 3.05) is 18.4 Å². The standard InChI is InChI=1S/C26H27N3O5S/c1-18-9-11-20(12-10-18)28-26(31)24(19-7-3-2-4-8-19)34-23-14-13-21(17-22(23)25(27)30)35(32,33)29-15-5-6-16-29/h2-4,7-14,17,24H,5-6,15-16H2,1H3,(H2,27,30)(H,28,31)/t24-/m1/s1. The Morgan fingerprint density at radius 1 is 0.971 bits per heavy atom. The molecule has 8 nitrogen and oxygen atoms in total. The first kappa shape index (κ1) is 24.4. The van der Waals surface area contributed by atoms with Crippen molar-refractivity contribution in [3.8, 4) is 5.75 Å². The summed E-state index contributed by atoms with van der Waals surface area (Å²) in [5, 5.41) is 2.83. The zero-order valence-corrected chi connectivity index (χ0v) is 20.1. The molecular formula is C26H27N3O5S. The number of anilines is 1. The number of nitrogens with zero attached hydrogens (tertiary/aromatic N) is 1. The Bertz CT molecular complexity index is 1320. The minimum atomic E-state index is -3.76. The second kappa shape index (κ2) is 10.3. The number of benzene rings is 3. The van der Waals surface area contributed by atoms with Gasteiger partial charge in [0, 0.05) is 24.3 Å². The lowest BCUT2D eigenvalue weighted by molar-refractivity contribution is -0.123. The highest BCUT2D eigenvalue weighted by Gasteiger charge is 2.30. The summed E-state index contributed by atoms with van der Waals surface area (Å²) < 4.78 is 33.3. The average molecular weight is 494 g/mol. The van der Waals surface area contributed by atoms with Gasteiger partial charge in [-0.1, -0.05) is 48.0 Å². The van der Waals surface area contributed by atoms with E-state index in [0.717, 1.165) is 18.4 Å². The predicted octanol–water partition coefficient (Wildman–Crippen LogP) is 3.64. The molecule has 9 heteroatoms. The molecule has 0 aliphatic carbocycles. The Labute approximate surface area is 204 Å². The molecule has 1 atom stereocenters. The zero-order chi connectivity index (χ0) is 25.0. The van der Waals surface area contributed by atoms with Gasteiger partial charge in [-0.2, -0.15) is 4.31 Å². The Kier molecular flexibility index (Phi) is 7.18. The Morgan fingerprint density at radius 3 is 2.26 bits per heavy atom. The third kappa shape index (κ3) is 5.52. The molecule has 0 spiro atoms. The summed E-state index contributed by atoms with van der Waals surface area (Å²) in [4.78, 5) is 25.5. The molecule has 0 bridgehead atoms. The molecule has 35 heavy (non-hydrogen) atoms. The highest BCUT2D eigenvalue weighted by molar-refractivity contribution is 7.89. The quantitative estimate of drug-likeness (QED) is 0.497. The monoisotopic (exact) mass is 493 g/mol. The molecule has 1 aliphatic rings. The zero-order valence-electron chi connectivity index (χ0n) is 19.3. The van der Waals surface area contributed by atoms with Gasteiger partial charge >= 0.3 is 0 Å². The summed E-state index contributed by atoms with van der Waals surface area (Å²) in [6.07, 6.45) is 0.465. The van der Waals surface area contributed by atoms with Crippen molar-refractivity contribution in [3.05, 3.63) is 89.5 Å². The van der Waals surface area contributed by atoms with Crippen LogP contribution in [0.25, 0.3) is 0 Å². The maximum atomic E-state index is 13.2. The molecule has 3 aromatic rings. The van der Waals surface area contributed by atoms with Gasteiger partial charge in [-0.15, -0.1) is 0 Å². The van der Waals surface area contributed by atoms with Gasteiger partial charge in [-0.3, -0.25) is 9.59 Å². The Hall–Kier alpha value is -3.69. The van der Waals surface area contributed by atoms with Crippen LogP contribution in [0, 0.1) is 6.92 Å². The van der Waals surface area contributed by atoms with Crippen molar-refractivity contribution >= 4 is 27.5 Å². The lowest BCUT2D eigenvalue weighted by atomic mass is 10.1. The van der Waals surface area contributed by atoms with E-state index in [1.54, 1.807) is 36.4 Å². The number of rotatable bonds is 8. The molecule has 2 amide bonds. The van der Waals surface area contributed by atoms with Crippen molar-refractivity contribution in [1.29, 1.82) is 0 Å². The van der Waals surface area contributed by atoms with Crippen molar-refractivity contribution in [2.24, 2.45) is 5.73 Å². The highest BCUT2D eigenvalue weighted by Crippen LogP contribution is 2.30. The van der Waals surface area contributed by atoms with E-state index >= 15 is 0 Å². The summed E-state index contributed by atoms with van der Waals surface area (Å²) >= 11 is 0. The van der Waals surface area contributed by atoms with Crippen LogP contribution in [0.5, 0.6) is 5.75 Å². The van der Waals surface area contributed by atoms with Crippen LogP contribution in [0.2, 0.25) is 0 Å². The third-order valence-electron chi connectivity index (χ3n) is 5.82. The van der Waals surface area contributed by atoms with Gasteiger partial charge in [0.05, 0.1) is 10.5 Å². The van der Waals surface area contributed by atoms with E-state index in [-0.39, 0.29) is 16.2 Å². The first-order valence-corrected chi connectivity index (χ1v) is 12.7. The first-order valence-electron chi connectivity index (χ1n) is 11.3. The largest absolute Gasteiger partial charge is 0.475 e. The molecule has 0 radical (unpaired) electrons. The van der Waals surface area contributed by atoms with Crippen molar-refractivity contribution in [3.63, 3.8) is 0 Å². The minimum absolute atomic E-state index is 0.0192. The number of aryl methyl sites for hydroxylation is 1. The fourth-order valence-electron chi connectivity index (χ4n) is 3.91. The summed E-state index contributed by atoms with van der Waals surface area (Å²) in [6, 6.07) is 20.1. The molecule has 182 valence electrons. The predicted molar refractivity (Wildman–Crippen MR) is 133 cm³/mol. The van der Waals surface area contributed by atoms with Crippen LogP contribution >= 0.6 is 0 Å². The molecule has 3 aromatic carbocycles. The van der Waals surface area contributed by atoms with E-state index in [9.17, 15) is 18.0 Å². The summed E-state index contributed by atoms with van der Waals surface area (Å²) in [6.45, 7) is 2.81. The molecule has 1 fully saturated rings. The maximum absolute atomic E-state index is 13.2. The second-order valence-corrected chi connectivity index (χ2v) is 10.3. The van der Waals surface area contributed by atoms with Crippen molar-refractivity contribution in [2.45, 2.75) is 30.8 Å². The van der Waals surface area contributed by atoms with Crippen LogP contribution in [0.1, 0.15) is 40.4 Å². The number of hydrogen-bond donors (Lipinski definition) is 2. The summed E-state index contributed by atoms with van der Waals surface area (Å²) in [5.74, 6) is -1.29. The number of nitrogens with two attached hydrogens (primary N) is 1. The van der Waals surface area contributed by atoms with Crippen molar-refractivity contribution in [1.82, 2.24) is 4.31 Å². The van der Waals surface area contributed by atoms with Crippen LogP contribution < -0.4 is 15.8 Å². The molecule has 0 aromatic heterocycles. The Balaban J connectivity index is 1.67. The number of carbonyl (C=O) groups excluding carboxylic acids is 2. The Morgan fingerprint density at radius 2 is 1.63 bits per heavy atom. The lowest BCUT2D eigenvalue weighted by Gasteiger charge is -2.21. The molecular weight excluding hydrogens is 466 g/mol. The van der Waals surface area contributed by atoms with Gasteiger partial charge in [0.25, 0.3) is 11.8 Å². The number of ether oxygens (including phenoxy) is 1. The van der Waals surface area contributed by atoms with Gasteiger partial charge in [0.2, 0.25) is 16.1 Å². The lowest BCUT2D eigenvalue weighted by Crippen LogP contribution is -2.29. The molecule has 3 N–H and O–H groups in total. The number of nitrogens with one attached hydrogen (secondary N) is 1. The molecule has 0 saturated carbocycles. The van der Waals surface area contributed by atoms with E-state index in [0.29, 0.717) is 24.3 Å².